The minimum atomic E-state index is -0.377. The van der Waals surface area contributed by atoms with Crippen molar-refractivity contribution in [3.8, 4) is 17.1 Å². The zero-order valence-corrected chi connectivity index (χ0v) is 18.0. The van der Waals surface area contributed by atoms with Crippen LogP contribution in [0.3, 0.4) is 0 Å². The highest BCUT2D eigenvalue weighted by Gasteiger charge is 2.09. The van der Waals surface area contributed by atoms with Crippen LogP contribution in [0.25, 0.3) is 11.4 Å². The molecule has 158 valence electrons. The van der Waals surface area contributed by atoms with Gasteiger partial charge in [0.2, 0.25) is 0 Å². The number of carbonyl (C=O) groups excluding carboxylic acids is 1. The summed E-state index contributed by atoms with van der Waals surface area (Å²) >= 11 is 0. The Hall–Kier alpha value is -2.43. The molecule has 0 aliphatic rings. The van der Waals surface area contributed by atoms with Crippen molar-refractivity contribution < 1.29 is 14.3 Å². The topological polar surface area (TPSA) is 61.3 Å². The molecular weight excluding hydrogens is 364 g/mol. The van der Waals surface area contributed by atoms with Crippen LogP contribution in [0.4, 0.5) is 0 Å². The van der Waals surface area contributed by atoms with E-state index in [-0.39, 0.29) is 5.97 Å². The zero-order chi connectivity index (χ0) is 20.9. The Morgan fingerprint density at radius 3 is 2.34 bits per heavy atom. The zero-order valence-electron chi connectivity index (χ0n) is 18.0. The molecule has 1 atom stereocenters. The van der Waals surface area contributed by atoms with Gasteiger partial charge in [0.15, 0.2) is 5.82 Å². The van der Waals surface area contributed by atoms with Gasteiger partial charge in [0, 0.05) is 18.0 Å². The predicted octanol–water partition coefficient (Wildman–Crippen LogP) is 6.09. The molecule has 5 heteroatoms. The van der Waals surface area contributed by atoms with Gasteiger partial charge in [-0.3, -0.25) is 0 Å². The van der Waals surface area contributed by atoms with Gasteiger partial charge >= 0.3 is 5.97 Å². The van der Waals surface area contributed by atoms with Gasteiger partial charge in [0.05, 0.1) is 18.8 Å². The number of ether oxygens (including phenoxy) is 2. The van der Waals surface area contributed by atoms with E-state index in [2.05, 4.69) is 30.7 Å². The lowest BCUT2D eigenvalue weighted by Gasteiger charge is -2.09. The molecule has 0 saturated heterocycles. The Morgan fingerprint density at radius 2 is 1.69 bits per heavy atom. The molecule has 2 rings (SSSR count). The van der Waals surface area contributed by atoms with Crippen LogP contribution < -0.4 is 4.74 Å². The van der Waals surface area contributed by atoms with Gasteiger partial charge in [-0.05, 0) is 43.0 Å². The lowest BCUT2D eigenvalue weighted by molar-refractivity contribution is 0.0499. The molecule has 0 amide bonds. The van der Waals surface area contributed by atoms with E-state index in [1.807, 2.05) is 24.3 Å². The standard InChI is InChI=1S/C24H34N2O3/c1-4-6-15-29-24(27)21-17-25-23(26-18-21)20-11-13-22(14-12-20)28-16-9-7-8-10-19(3)5-2/h11-14,17-19H,4-10,15-16H2,1-3H3. The summed E-state index contributed by atoms with van der Waals surface area (Å²) in [5.41, 5.74) is 1.26. The monoisotopic (exact) mass is 398 g/mol. The number of rotatable bonds is 13. The van der Waals surface area contributed by atoms with E-state index in [0.717, 1.165) is 43.1 Å². The SMILES string of the molecule is CCCCOC(=O)c1cnc(-c2ccc(OCCCCCC(C)CC)cc2)nc1. The third-order valence-electron chi connectivity index (χ3n) is 5.04. The third-order valence-corrected chi connectivity index (χ3v) is 5.04. The molecule has 5 nitrogen and oxygen atoms in total. The Labute approximate surface area is 174 Å². The van der Waals surface area contributed by atoms with Gasteiger partial charge in [0.1, 0.15) is 5.75 Å². The first-order valence-electron chi connectivity index (χ1n) is 10.9. The lowest BCUT2D eigenvalue weighted by atomic mass is 10.0. The van der Waals surface area contributed by atoms with Crippen molar-refractivity contribution in [3.63, 3.8) is 0 Å². The number of esters is 1. The lowest BCUT2D eigenvalue weighted by Crippen LogP contribution is -2.07. The summed E-state index contributed by atoms with van der Waals surface area (Å²) in [5, 5.41) is 0. The molecule has 0 spiro atoms. The van der Waals surface area contributed by atoms with Crippen LogP contribution >= 0.6 is 0 Å². The van der Waals surface area contributed by atoms with E-state index in [4.69, 9.17) is 9.47 Å². The summed E-state index contributed by atoms with van der Waals surface area (Å²) in [5.74, 6) is 1.88. The van der Waals surface area contributed by atoms with E-state index < -0.39 is 0 Å². The molecule has 0 bridgehead atoms. The number of unbranched alkanes of at least 4 members (excludes halogenated alkanes) is 3. The van der Waals surface area contributed by atoms with Crippen LogP contribution in [0.2, 0.25) is 0 Å². The van der Waals surface area contributed by atoms with E-state index >= 15 is 0 Å². The molecule has 29 heavy (non-hydrogen) atoms. The second-order valence-electron chi connectivity index (χ2n) is 7.52. The van der Waals surface area contributed by atoms with Crippen LogP contribution in [-0.2, 0) is 4.74 Å². The Balaban J connectivity index is 1.77. The molecule has 0 aliphatic carbocycles. The molecule has 2 aromatic rings. The Morgan fingerprint density at radius 1 is 0.966 bits per heavy atom. The van der Waals surface area contributed by atoms with Crippen molar-refractivity contribution in [1.82, 2.24) is 9.97 Å². The molecule has 0 fully saturated rings. The number of carbonyl (C=O) groups is 1. The van der Waals surface area contributed by atoms with Crippen molar-refractivity contribution in [2.24, 2.45) is 5.92 Å². The van der Waals surface area contributed by atoms with Crippen LogP contribution in [0.15, 0.2) is 36.7 Å². The molecule has 1 heterocycles. The van der Waals surface area contributed by atoms with Crippen LogP contribution in [-0.4, -0.2) is 29.2 Å². The number of hydrogen-bond donors (Lipinski definition) is 0. The van der Waals surface area contributed by atoms with E-state index in [1.165, 1.54) is 38.1 Å². The number of benzene rings is 1. The maximum atomic E-state index is 11.9. The summed E-state index contributed by atoms with van der Waals surface area (Å²) in [4.78, 5) is 20.5. The first-order chi connectivity index (χ1) is 14.1. The summed E-state index contributed by atoms with van der Waals surface area (Å²) in [6.07, 6.45) is 11.0. The maximum Gasteiger partial charge on any atom is 0.341 e. The summed E-state index contributed by atoms with van der Waals surface area (Å²) in [6.45, 7) is 7.78. The van der Waals surface area contributed by atoms with Gasteiger partial charge < -0.3 is 9.47 Å². The quantitative estimate of drug-likeness (QED) is 0.302. The van der Waals surface area contributed by atoms with Gasteiger partial charge in [0.25, 0.3) is 0 Å². The average Bonchev–Trinajstić information content (AvgIpc) is 2.76. The Bertz CT molecular complexity index is 714. The third kappa shape index (κ3) is 8.22. The Kier molecular flexibility index (Phi) is 10.2. The van der Waals surface area contributed by atoms with Crippen molar-refractivity contribution in [2.75, 3.05) is 13.2 Å². The fourth-order valence-corrected chi connectivity index (χ4v) is 2.84. The molecule has 0 N–H and O–H groups in total. The minimum Gasteiger partial charge on any atom is -0.494 e. The van der Waals surface area contributed by atoms with Crippen molar-refractivity contribution >= 4 is 5.97 Å². The molecule has 0 saturated carbocycles. The summed E-state index contributed by atoms with van der Waals surface area (Å²) < 4.78 is 11.0. The second kappa shape index (κ2) is 12.9. The average molecular weight is 399 g/mol. The number of aromatic nitrogens is 2. The highest BCUT2D eigenvalue weighted by molar-refractivity contribution is 5.88. The summed E-state index contributed by atoms with van der Waals surface area (Å²) in [6, 6.07) is 7.75. The molecule has 1 aromatic carbocycles. The molecule has 0 radical (unpaired) electrons. The predicted molar refractivity (Wildman–Crippen MR) is 116 cm³/mol. The van der Waals surface area contributed by atoms with Gasteiger partial charge in [-0.15, -0.1) is 0 Å². The largest absolute Gasteiger partial charge is 0.494 e. The molecular formula is C24H34N2O3. The van der Waals surface area contributed by atoms with Gasteiger partial charge in [-0.25, -0.2) is 14.8 Å². The highest BCUT2D eigenvalue weighted by Crippen LogP contribution is 2.20. The normalized spacial score (nSPS) is 11.8. The van der Waals surface area contributed by atoms with E-state index in [0.29, 0.717) is 18.0 Å². The maximum absolute atomic E-state index is 11.9. The molecule has 0 aliphatic heterocycles. The van der Waals surface area contributed by atoms with Gasteiger partial charge in [-0.1, -0.05) is 52.9 Å². The molecule has 1 unspecified atom stereocenters. The fraction of sp³-hybridized carbons (Fsp3) is 0.542. The van der Waals surface area contributed by atoms with Crippen molar-refractivity contribution in [3.05, 3.63) is 42.2 Å². The van der Waals surface area contributed by atoms with Crippen LogP contribution in [0.5, 0.6) is 5.75 Å². The number of nitrogens with zero attached hydrogens (tertiary/aromatic N) is 2. The fourth-order valence-electron chi connectivity index (χ4n) is 2.84. The van der Waals surface area contributed by atoms with Crippen molar-refractivity contribution in [1.29, 1.82) is 0 Å². The van der Waals surface area contributed by atoms with Gasteiger partial charge in [-0.2, -0.15) is 0 Å². The van der Waals surface area contributed by atoms with E-state index in [1.54, 1.807) is 0 Å². The number of hydrogen-bond acceptors (Lipinski definition) is 5. The first kappa shape index (κ1) is 22.9. The van der Waals surface area contributed by atoms with Crippen molar-refractivity contribution in [2.45, 2.75) is 65.7 Å². The molecule has 1 aromatic heterocycles. The van der Waals surface area contributed by atoms with Crippen LogP contribution in [0, 0.1) is 5.92 Å². The van der Waals surface area contributed by atoms with E-state index in [9.17, 15) is 4.79 Å². The highest BCUT2D eigenvalue weighted by atomic mass is 16.5. The minimum absolute atomic E-state index is 0.373. The smallest absolute Gasteiger partial charge is 0.341 e. The summed E-state index contributed by atoms with van der Waals surface area (Å²) in [7, 11) is 0. The second-order valence-corrected chi connectivity index (χ2v) is 7.52. The van der Waals surface area contributed by atoms with Crippen LogP contribution in [0.1, 0.15) is 76.1 Å². The first-order valence-corrected chi connectivity index (χ1v) is 10.9.